The van der Waals surface area contributed by atoms with Crippen molar-refractivity contribution < 1.29 is 14.7 Å². The fourth-order valence-electron chi connectivity index (χ4n) is 1.38. The molecule has 0 bridgehead atoms. The Balaban J connectivity index is 2.12. The van der Waals surface area contributed by atoms with Crippen LogP contribution in [0.15, 0.2) is 24.4 Å². The molecule has 0 saturated heterocycles. The maximum absolute atomic E-state index is 11.4. The van der Waals surface area contributed by atoms with Crippen LogP contribution in [-0.4, -0.2) is 22.0 Å². The Labute approximate surface area is 99.9 Å². The van der Waals surface area contributed by atoms with Gasteiger partial charge in [0.05, 0.1) is 0 Å². The van der Waals surface area contributed by atoms with Crippen LogP contribution in [0.5, 0.6) is 0 Å². The second kappa shape index (κ2) is 7.38. The van der Waals surface area contributed by atoms with Gasteiger partial charge in [-0.2, -0.15) is 0 Å². The predicted octanol–water partition coefficient (Wildman–Crippen LogP) is 2.06. The van der Waals surface area contributed by atoms with E-state index >= 15 is 0 Å². The summed E-state index contributed by atoms with van der Waals surface area (Å²) in [5, 5.41) is 11.1. The van der Waals surface area contributed by atoms with Gasteiger partial charge in [-0.1, -0.05) is 12.5 Å². The lowest BCUT2D eigenvalue weighted by Gasteiger charge is -2.03. The number of pyridine rings is 1. The molecule has 0 saturated carbocycles. The minimum Gasteiger partial charge on any atom is -0.481 e. The fourth-order valence-corrected chi connectivity index (χ4v) is 1.38. The van der Waals surface area contributed by atoms with Crippen molar-refractivity contribution in [3.05, 3.63) is 24.4 Å². The SMILES string of the molecule is O=C(O)CCCCCC(=O)Nc1ccccn1. The highest BCUT2D eigenvalue weighted by atomic mass is 16.4. The molecule has 0 atom stereocenters. The molecular formula is C12H16N2O3. The first kappa shape index (κ1) is 13.2. The zero-order valence-corrected chi connectivity index (χ0v) is 9.56. The van der Waals surface area contributed by atoms with Gasteiger partial charge in [0, 0.05) is 19.0 Å². The number of aromatic nitrogens is 1. The van der Waals surface area contributed by atoms with Crippen molar-refractivity contribution in [3.8, 4) is 0 Å². The number of carbonyl (C=O) groups is 2. The van der Waals surface area contributed by atoms with E-state index in [9.17, 15) is 9.59 Å². The van der Waals surface area contributed by atoms with Crippen LogP contribution in [0.25, 0.3) is 0 Å². The highest BCUT2D eigenvalue weighted by Gasteiger charge is 2.03. The third-order valence-corrected chi connectivity index (χ3v) is 2.23. The van der Waals surface area contributed by atoms with Crippen LogP contribution in [0.4, 0.5) is 5.82 Å². The van der Waals surface area contributed by atoms with Gasteiger partial charge in [-0.25, -0.2) is 4.98 Å². The number of hydrogen-bond acceptors (Lipinski definition) is 3. The number of nitrogens with one attached hydrogen (secondary N) is 1. The number of unbranched alkanes of at least 4 members (excludes halogenated alkanes) is 2. The van der Waals surface area contributed by atoms with Crippen LogP contribution in [0.1, 0.15) is 32.1 Å². The molecule has 0 spiro atoms. The number of hydrogen-bond donors (Lipinski definition) is 2. The summed E-state index contributed by atoms with van der Waals surface area (Å²) in [4.78, 5) is 25.7. The molecule has 5 heteroatoms. The van der Waals surface area contributed by atoms with Crippen LogP contribution in [0.2, 0.25) is 0 Å². The Morgan fingerprint density at radius 2 is 1.94 bits per heavy atom. The average Bonchev–Trinajstić information content (AvgIpc) is 2.29. The van der Waals surface area contributed by atoms with Crippen molar-refractivity contribution in [1.82, 2.24) is 4.98 Å². The zero-order chi connectivity index (χ0) is 12.5. The standard InChI is InChI=1S/C12H16N2O3/c15-11(7-2-1-3-8-12(16)17)14-10-6-4-5-9-13-10/h4-6,9H,1-3,7-8H2,(H,16,17)(H,13,14,15). The van der Waals surface area contributed by atoms with E-state index in [4.69, 9.17) is 5.11 Å². The zero-order valence-electron chi connectivity index (χ0n) is 9.56. The van der Waals surface area contributed by atoms with E-state index in [0.29, 0.717) is 25.1 Å². The first-order valence-corrected chi connectivity index (χ1v) is 5.61. The van der Waals surface area contributed by atoms with Crippen molar-refractivity contribution in [3.63, 3.8) is 0 Å². The molecule has 0 fully saturated rings. The van der Waals surface area contributed by atoms with Gasteiger partial charge in [-0.3, -0.25) is 9.59 Å². The summed E-state index contributed by atoms with van der Waals surface area (Å²) in [7, 11) is 0. The summed E-state index contributed by atoms with van der Waals surface area (Å²) < 4.78 is 0. The van der Waals surface area contributed by atoms with Crippen LogP contribution in [-0.2, 0) is 9.59 Å². The molecule has 0 unspecified atom stereocenters. The minimum atomic E-state index is -0.789. The number of anilines is 1. The number of rotatable bonds is 7. The Morgan fingerprint density at radius 1 is 1.18 bits per heavy atom. The molecule has 0 radical (unpaired) electrons. The molecule has 2 N–H and O–H groups in total. The molecular weight excluding hydrogens is 220 g/mol. The van der Waals surface area contributed by atoms with Crippen molar-refractivity contribution in [1.29, 1.82) is 0 Å². The van der Waals surface area contributed by atoms with Crippen LogP contribution >= 0.6 is 0 Å². The number of amides is 1. The Bertz CT molecular complexity index is 365. The second-order valence-corrected chi connectivity index (χ2v) is 3.72. The maximum atomic E-state index is 11.4. The second-order valence-electron chi connectivity index (χ2n) is 3.72. The molecule has 1 aromatic rings. The minimum absolute atomic E-state index is 0.0842. The maximum Gasteiger partial charge on any atom is 0.303 e. The van der Waals surface area contributed by atoms with Gasteiger partial charge in [0.25, 0.3) is 0 Å². The van der Waals surface area contributed by atoms with Gasteiger partial charge in [-0.05, 0) is 25.0 Å². The number of carboxylic acid groups (broad SMARTS) is 1. The smallest absolute Gasteiger partial charge is 0.303 e. The van der Waals surface area contributed by atoms with Gasteiger partial charge in [0.2, 0.25) is 5.91 Å². The van der Waals surface area contributed by atoms with Gasteiger partial charge in [0.1, 0.15) is 5.82 Å². The summed E-state index contributed by atoms with van der Waals surface area (Å²) in [5.74, 6) is -0.329. The van der Waals surface area contributed by atoms with Crippen LogP contribution in [0.3, 0.4) is 0 Å². The summed E-state index contributed by atoms with van der Waals surface area (Å²) in [5.41, 5.74) is 0. The van der Waals surface area contributed by atoms with Crippen LogP contribution < -0.4 is 5.32 Å². The highest BCUT2D eigenvalue weighted by Crippen LogP contribution is 2.06. The van der Waals surface area contributed by atoms with E-state index in [-0.39, 0.29) is 12.3 Å². The Morgan fingerprint density at radius 3 is 2.59 bits per heavy atom. The van der Waals surface area contributed by atoms with Crippen LogP contribution in [0, 0.1) is 0 Å². The number of aliphatic carboxylic acids is 1. The first-order valence-electron chi connectivity index (χ1n) is 5.61. The molecule has 0 aliphatic heterocycles. The third kappa shape index (κ3) is 6.29. The van der Waals surface area contributed by atoms with E-state index in [1.165, 1.54) is 0 Å². The van der Waals surface area contributed by atoms with Crippen molar-refractivity contribution >= 4 is 17.7 Å². The molecule has 0 aliphatic carbocycles. The third-order valence-electron chi connectivity index (χ3n) is 2.23. The molecule has 1 aromatic heterocycles. The average molecular weight is 236 g/mol. The molecule has 1 rings (SSSR count). The van der Waals surface area contributed by atoms with E-state index in [0.717, 1.165) is 6.42 Å². The van der Waals surface area contributed by atoms with E-state index in [1.54, 1.807) is 24.4 Å². The molecule has 5 nitrogen and oxygen atoms in total. The molecule has 1 amide bonds. The Kier molecular flexibility index (Phi) is 5.71. The number of carboxylic acids is 1. The monoisotopic (exact) mass is 236 g/mol. The molecule has 0 aliphatic rings. The summed E-state index contributed by atoms with van der Waals surface area (Å²) in [6.45, 7) is 0. The highest BCUT2D eigenvalue weighted by molar-refractivity contribution is 5.89. The predicted molar refractivity (Wildman–Crippen MR) is 63.6 cm³/mol. The first-order chi connectivity index (χ1) is 8.18. The van der Waals surface area contributed by atoms with E-state index in [2.05, 4.69) is 10.3 Å². The van der Waals surface area contributed by atoms with E-state index < -0.39 is 5.97 Å². The lowest BCUT2D eigenvalue weighted by Crippen LogP contribution is -2.11. The largest absolute Gasteiger partial charge is 0.481 e. The molecule has 0 aromatic carbocycles. The Hall–Kier alpha value is -1.91. The molecule has 92 valence electrons. The van der Waals surface area contributed by atoms with Crippen molar-refractivity contribution in [2.45, 2.75) is 32.1 Å². The van der Waals surface area contributed by atoms with Gasteiger partial charge < -0.3 is 10.4 Å². The molecule has 17 heavy (non-hydrogen) atoms. The van der Waals surface area contributed by atoms with Gasteiger partial charge in [-0.15, -0.1) is 0 Å². The summed E-state index contributed by atoms with van der Waals surface area (Å²) in [6.07, 6.45) is 4.25. The van der Waals surface area contributed by atoms with Gasteiger partial charge >= 0.3 is 5.97 Å². The number of carbonyl (C=O) groups excluding carboxylic acids is 1. The van der Waals surface area contributed by atoms with Crippen molar-refractivity contribution in [2.75, 3.05) is 5.32 Å². The number of nitrogens with zero attached hydrogens (tertiary/aromatic N) is 1. The molecule has 1 heterocycles. The topological polar surface area (TPSA) is 79.3 Å². The van der Waals surface area contributed by atoms with Gasteiger partial charge in [0.15, 0.2) is 0 Å². The van der Waals surface area contributed by atoms with Crippen molar-refractivity contribution in [2.24, 2.45) is 0 Å². The summed E-state index contributed by atoms with van der Waals surface area (Å²) in [6, 6.07) is 5.30. The fraction of sp³-hybridized carbons (Fsp3) is 0.417. The quantitative estimate of drug-likeness (QED) is 0.710. The lowest BCUT2D eigenvalue weighted by molar-refractivity contribution is -0.137. The summed E-state index contributed by atoms with van der Waals surface area (Å²) >= 11 is 0. The normalized spacial score (nSPS) is 9.88. The van der Waals surface area contributed by atoms with E-state index in [1.807, 2.05) is 0 Å². The lowest BCUT2D eigenvalue weighted by atomic mass is 10.1.